The number of benzene rings is 1. The van der Waals surface area contributed by atoms with Crippen molar-refractivity contribution >= 4 is 23.9 Å². The molecule has 0 bridgehead atoms. The van der Waals surface area contributed by atoms with Gasteiger partial charge in [0, 0.05) is 34.0 Å². The summed E-state index contributed by atoms with van der Waals surface area (Å²) < 4.78 is 2.23. The molecule has 0 aliphatic rings. The standard InChI is InChI=1S/C23H27N5OS/c1-6-19-9-7-8-10-21(19)28-17(4)12-20(18(28)5)13-24-27-22(29)14-30-23-25-15(2)11-16(3)26-23/h7-13H,6,14H2,1-5H3,(H,27,29)/b24-13-. The minimum Gasteiger partial charge on any atom is -0.318 e. The van der Waals surface area contributed by atoms with Crippen LogP contribution in [0, 0.1) is 27.7 Å². The van der Waals surface area contributed by atoms with Crippen LogP contribution in [0.2, 0.25) is 0 Å². The van der Waals surface area contributed by atoms with Gasteiger partial charge in [0.2, 0.25) is 0 Å². The Morgan fingerprint density at radius 2 is 1.83 bits per heavy atom. The largest absolute Gasteiger partial charge is 0.318 e. The number of hydrogen-bond acceptors (Lipinski definition) is 5. The van der Waals surface area contributed by atoms with Crippen molar-refractivity contribution in [3.05, 3.63) is 70.3 Å². The number of aryl methyl sites for hydroxylation is 4. The van der Waals surface area contributed by atoms with E-state index in [1.807, 2.05) is 19.9 Å². The van der Waals surface area contributed by atoms with Crippen LogP contribution in [0.4, 0.5) is 0 Å². The zero-order valence-corrected chi connectivity index (χ0v) is 18.9. The van der Waals surface area contributed by atoms with Gasteiger partial charge in [-0.2, -0.15) is 5.10 Å². The molecule has 1 aromatic carbocycles. The Hall–Kier alpha value is -2.93. The van der Waals surface area contributed by atoms with Crippen LogP contribution in [-0.4, -0.2) is 32.4 Å². The van der Waals surface area contributed by atoms with E-state index in [0.29, 0.717) is 5.16 Å². The fourth-order valence-electron chi connectivity index (χ4n) is 3.41. The third kappa shape index (κ3) is 5.16. The molecule has 0 radical (unpaired) electrons. The average Bonchev–Trinajstić information content (AvgIpc) is 2.99. The van der Waals surface area contributed by atoms with Crippen LogP contribution < -0.4 is 5.43 Å². The van der Waals surface area contributed by atoms with E-state index in [1.54, 1.807) is 6.21 Å². The molecule has 1 amide bonds. The quantitative estimate of drug-likeness (QED) is 0.267. The summed E-state index contributed by atoms with van der Waals surface area (Å²) >= 11 is 1.30. The Kier molecular flexibility index (Phi) is 7.05. The summed E-state index contributed by atoms with van der Waals surface area (Å²) in [6, 6.07) is 12.4. The summed E-state index contributed by atoms with van der Waals surface area (Å²) in [5, 5.41) is 4.75. The van der Waals surface area contributed by atoms with Crippen LogP contribution in [0.5, 0.6) is 0 Å². The minimum atomic E-state index is -0.191. The number of thioether (sulfide) groups is 1. The van der Waals surface area contributed by atoms with E-state index in [9.17, 15) is 4.79 Å². The molecule has 2 heterocycles. The van der Waals surface area contributed by atoms with Crippen LogP contribution in [-0.2, 0) is 11.2 Å². The molecule has 156 valence electrons. The van der Waals surface area contributed by atoms with E-state index in [-0.39, 0.29) is 11.7 Å². The molecule has 30 heavy (non-hydrogen) atoms. The summed E-state index contributed by atoms with van der Waals surface area (Å²) in [4.78, 5) is 20.8. The lowest BCUT2D eigenvalue weighted by molar-refractivity contribution is -0.118. The zero-order chi connectivity index (χ0) is 21.7. The fourth-order valence-corrected chi connectivity index (χ4v) is 4.15. The molecule has 0 unspecified atom stereocenters. The number of carbonyl (C=O) groups excluding carboxylic acids is 1. The van der Waals surface area contributed by atoms with Crippen molar-refractivity contribution in [1.29, 1.82) is 0 Å². The predicted octanol–water partition coefficient (Wildman–Crippen LogP) is 4.31. The average molecular weight is 422 g/mol. The highest BCUT2D eigenvalue weighted by Crippen LogP contribution is 2.23. The van der Waals surface area contributed by atoms with Gasteiger partial charge in [-0.15, -0.1) is 0 Å². The number of nitrogens with one attached hydrogen (secondary N) is 1. The number of amides is 1. The fraction of sp³-hybridized carbons (Fsp3) is 0.304. The van der Waals surface area contributed by atoms with E-state index >= 15 is 0 Å². The third-order valence-electron chi connectivity index (χ3n) is 4.77. The van der Waals surface area contributed by atoms with Gasteiger partial charge >= 0.3 is 0 Å². The van der Waals surface area contributed by atoms with E-state index in [4.69, 9.17) is 0 Å². The molecule has 6 nitrogen and oxygen atoms in total. The van der Waals surface area contributed by atoms with Crippen molar-refractivity contribution < 1.29 is 4.79 Å². The Bertz CT molecular complexity index is 1070. The maximum absolute atomic E-state index is 12.1. The number of nitrogens with zero attached hydrogens (tertiary/aromatic N) is 4. The first-order chi connectivity index (χ1) is 14.4. The van der Waals surface area contributed by atoms with Crippen LogP contribution in [0.3, 0.4) is 0 Å². The number of carbonyl (C=O) groups is 1. The number of hydrazone groups is 1. The molecule has 2 aromatic heterocycles. The first-order valence-corrected chi connectivity index (χ1v) is 10.9. The molecule has 0 aliphatic carbocycles. The van der Waals surface area contributed by atoms with Crippen LogP contribution in [0.1, 0.15) is 40.8 Å². The summed E-state index contributed by atoms with van der Waals surface area (Å²) in [6.45, 7) is 10.1. The molecule has 3 aromatic rings. The lowest BCUT2D eigenvalue weighted by Crippen LogP contribution is -2.19. The lowest BCUT2D eigenvalue weighted by atomic mass is 10.1. The first kappa shape index (κ1) is 21.8. The Morgan fingerprint density at radius 1 is 1.13 bits per heavy atom. The molecule has 0 atom stereocenters. The van der Waals surface area contributed by atoms with Gasteiger partial charge in [0.25, 0.3) is 5.91 Å². The SMILES string of the molecule is CCc1ccccc1-n1c(C)cc(/C=N\NC(=O)CSc2nc(C)cc(C)n2)c1C. The summed E-state index contributed by atoms with van der Waals surface area (Å²) in [5.74, 6) is 0.0208. The van der Waals surface area contributed by atoms with Gasteiger partial charge in [-0.25, -0.2) is 15.4 Å². The van der Waals surface area contributed by atoms with Crippen molar-refractivity contribution in [1.82, 2.24) is 20.0 Å². The lowest BCUT2D eigenvalue weighted by Gasteiger charge is -2.13. The van der Waals surface area contributed by atoms with E-state index in [1.165, 1.54) is 23.0 Å². The first-order valence-electron chi connectivity index (χ1n) is 9.93. The molecule has 0 saturated heterocycles. The smallest absolute Gasteiger partial charge is 0.250 e. The molecule has 1 N–H and O–H groups in total. The van der Waals surface area contributed by atoms with E-state index in [2.05, 4.69) is 76.2 Å². The molecule has 0 saturated carbocycles. The third-order valence-corrected chi connectivity index (χ3v) is 5.62. The minimum absolute atomic E-state index is 0.191. The Morgan fingerprint density at radius 3 is 2.53 bits per heavy atom. The Labute approximate surface area is 181 Å². The second kappa shape index (κ2) is 9.71. The van der Waals surface area contributed by atoms with Gasteiger partial charge in [0.05, 0.1) is 12.0 Å². The van der Waals surface area contributed by atoms with Crippen LogP contribution >= 0.6 is 11.8 Å². The molecule has 0 spiro atoms. The number of rotatable bonds is 7. The number of hydrogen-bond donors (Lipinski definition) is 1. The van der Waals surface area contributed by atoms with Crippen LogP contribution in [0.15, 0.2) is 46.7 Å². The summed E-state index contributed by atoms with van der Waals surface area (Å²) in [7, 11) is 0. The second-order valence-corrected chi connectivity index (χ2v) is 8.10. The van der Waals surface area contributed by atoms with Gasteiger partial charge in [-0.05, 0) is 57.9 Å². The van der Waals surface area contributed by atoms with Gasteiger partial charge in [0.1, 0.15) is 0 Å². The Balaban J connectivity index is 1.66. The zero-order valence-electron chi connectivity index (χ0n) is 18.1. The highest BCUT2D eigenvalue weighted by Gasteiger charge is 2.12. The van der Waals surface area contributed by atoms with Crippen molar-refractivity contribution in [2.24, 2.45) is 5.10 Å². The number of para-hydroxylation sites is 1. The molecular formula is C23H27N5OS. The number of aromatic nitrogens is 3. The highest BCUT2D eigenvalue weighted by atomic mass is 32.2. The van der Waals surface area contributed by atoms with Gasteiger partial charge in [-0.1, -0.05) is 36.9 Å². The summed E-state index contributed by atoms with van der Waals surface area (Å²) in [5.41, 5.74) is 10.0. The molecule has 0 fully saturated rings. The molecular weight excluding hydrogens is 394 g/mol. The molecule has 7 heteroatoms. The van der Waals surface area contributed by atoms with Crippen molar-refractivity contribution in [3.63, 3.8) is 0 Å². The van der Waals surface area contributed by atoms with E-state index in [0.717, 1.165) is 34.8 Å². The van der Waals surface area contributed by atoms with Gasteiger partial charge in [0.15, 0.2) is 5.16 Å². The topological polar surface area (TPSA) is 72.2 Å². The van der Waals surface area contributed by atoms with Gasteiger partial charge < -0.3 is 4.57 Å². The normalized spacial score (nSPS) is 11.2. The van der Waals surface area contributed by atoms with E-state index < -0.39 is 0 Å². The van der Waals surface area contributed by atoms with Crippen molar-refractivity contribution in [2.75, 3.05) is 5.75 Å². The maximum atomic E-state index is 12.1. The highest BCUT2D eigenvalue weighted by molar-refractivity contribution is 7.99. The van der Waals surface area contributed by atoms with Crippen LogP contribution in [0.25, 0.3) is 5.69 Å². The predicted molar refractivity (Wildman–Crippen MR) is 123 cm³/mol. The monoisotopic (exact) mass is 421 g/mol. The molecule has 3 rings (SSSR count). The summed E-state index contributed by atoms with van der Waals surface area (Å²) in [6.07, 6.45) is 2.66. The maximum Gasteiger partial charge on any atom is 0.250 e. The van der Waals surface area contributed by atoms with Gasteiger partial charge in [-0.3, -0.25) is 4.79 Å². The van der Waals surface area contributed by atoms with Crippen molar-refractivity contribution in [2.45, 2.75) is 46.2 Å². The van der Waals surface area contributed by atoms with Crippen molar-refractivity contribution in [3.8, 4) is 5.69 Å². The molecule has 0 aliphatic heterocycles. The second-order valence-electron chi connectivity index (χ2n) is 7.16.